The van der Waals surface area contributed by atoms with E-state index in [2.05, 4.69) is 9.80 Å². The molecule has 2 N–H and O–H groups in total. The van der Waals surface area contributed by atoms with E-state index in [1.807, 2.05) is 6.92 Å². The van der Waals surface area contributed by atoms with E-state index in [0.29, 0.717) is 19.8 Å². The number of nitrogens with zero attached hydrogens (tertiary/aromatic N) is 2. The molecular formula is C13H28N2O3. The molecule has 0 aromatic carbocycles. The van der Waals surface area contributed by atoms with E-state index in [0.717, 1.165) is 19.6 Å². The van der Waals surface area contributed by atoms with Crippen molar-refractivity contribution >= 4 is 0 Å². The summed E-state index contributed by atoms with van der Waals surface area (Å²) in [5.74, 6) is 0. The molecule has 1 aliphatic heterocycles. The van der Waals surface area contributed by atoms with E-state index < -0.39 is 0 Å². The summed E-state index contributed by atoms with van der Waals surface area (Å²) >= 11 is 0. The molecule has 0 amide bonds. The molecule has 1 saturated heterocycles. The highest BCUT2D eigenvalue weighted by Crippen LogP contribution is 2.06. The van der Waals surface area contributed by atoms with Crippen LogP contribution in [0.5, 0.6) is 0 Å². The van der Waals surface area contributed by atoms with Gasteiger partial charge in [0.15, 0.2) is 0 Å². The van der Waals surface area contributed by atoms with Gasteiger partial charge in [-0.15, -0.1) is 0 Å². The fourth-order valence-corrected chi connectivity index (χ4v) is 2.32. The summed E-state index contributed by atoms with van der Waals surface area (Å²) in [6.07, 6.45) is 2.33. The lowest BCUT2D eigenvalue weighted by Crippen LogP contribution is -2.39. The zero-order valence-electron chi connectivity index (χ0n) is 11.6. The van der Waals surface area contributed by atoms with Crippen LogP contribution in [-0.2, 0) is 4.74 Å². The van der Waals surface area contributed by atoms with Crippen LogP contribution in [0.3, 0.4) is 0 Å². The molecule has 0 saturated carbocycles. The molecule has 5 heteroatoms. The zero-order valence-corrected chi connectivity index (χ0v) is 11.6. The van der Waals surface area contributed by atoms with E-state index in [-0.39, 0.29) is 12.7 Å². The maximum absolute atomic E-state index is 9.48. The molecule has 0 bridgehead atoms. The average Bonchev–Trinajstić information content (AvgIpc) is 2.83. The second-order valence-corrected chi connectivity index (χ2v) is 5.03. The molecule has 18 heavy (non-hydrogen) atoms. The van der Waals surface area contributed by atoms with Crippen LogP contribution in [0.2, 0.25) is 0 Å². The van der Waals surface area contributed by atoms with Crippen molar-refractivity contribution in [3.63, 3.8) is 0 Å². The quantitative estimate of drug-likeness (QED) is 0.532. The summed E-state index contributed by atoms with van der Waals surface area (Å²) < 4.78 is 5.28. The molecule has 0 spiro atoms. The molecule has 1 atom stereocenters. The Morgan fingerprint density at radius 3 is 2.56 bits per heavy atom. The van der Waals surface area contributed by atoms with Gasteiger partial charge in [0.2, 0.25) is 0 Å². The number of aliphatic hydroxyl groups excluding tert-OH is 2. The second kappa shape index (κ2) is 9.69. The number of hydrogen-bond donors (Lipinski definition) is 2. The van der Waals surface area contributed by atoms with Crippen molar-refractivity contribution in [3.05, 3.63) is 0 Å². The fourth-order valence-electron chi connectivity index (χ4n) is 2.32. The summed E-state index contributed by atoms with van der Waals surface area (Å²) in [7, 11) is 0. The van der Waals surface area contributed by atoms with E-state index in [1.165, 1.54) is 25.9 Å². The van der Waals surface area contributed by atoms with Crippen molar-refractivity contribution in [2.24, 2.45) is 0 Å². The third-order valence-electron chi connectivity index (χ3n) is 3.24. The van der Waals surface area contributed by atoms with Gasteiger partial charge in [0.25, 0.3) is 0 Å². The van der Waals surface area contributed by atoms with Gasteiger partial charge in [0.05, 0.1) is 25.9 Å². The van der Waals surface area contributed by atoms with Gasteiger partial charge in [-0.25, -0.2) is 0 Å². The largest absolute Gasteiger partial charge is 0.394 e. The molecule has 1 rings (SSSR count). The third kappa shape index (κ3) is 7.28. The van der Waals surface area contributed by atoms with Crippen LogP contribution < -0.4 is 0 Å². The molecule has 5 nitrogen and oxygen atoms in total. The molecular weight excluding hydrogens is 232 g/mol. The number of ether oxygens (including phenoxy) is 1. The smallest absolute Gasteiger partial charge is 0.0698 e. The summed E-state index contributed by atoms with van der Waals surface area (Å²) in [5, 5.41) is 18.1. The van der Waals surface area contributed by atoms with Gasteiger partial charge in [-0.1, -0.05) is 0 Å². The highest BCUT2D eigenvalue weighted by Gasteiger charge is 2.14. The number of hydrogen-bond acceptors (Lipinski definition) is 5. The highest BCUT2D eigenvalue weighted by atomic mass is 16.5. The molecule has 0 radical (unpaired) electrons. The summed E-state index contributed by atoms with van der Waals surface area (Å²) in [6, 6.07) is 0. The van der Waals surface area contributed by atoms with Crippen LogP contribution >= 0.6 is 0 Å². The number of aliphatic hydroxyl groups is 2. The van der Waals surface area contributed by atoms with Crippen LogP contribution in [0.15, 0.2) is 0 Å². The lowest BCUT2D eigenvalue weighted by molar-refractivity contribution is 0.0570. The van der Waals surface area contributed by atoms with Crippen LogP contribution in [0, 0.1) is 0 Å². The first-order chi connectivity index (χ1) is 8.72. The zero-order chi connectivity index (χ0) is 13.2. The normalized spacial score (nSPS) is 18.7. The molecule has 1 aliphatic rings. The van der Waals surface area contributed by atoms with Crippen molar-refractivity contribution in [1.29, 1.82) is 0 Å². The Morgan fingerprint density at radius 1 is 1.22 bits per heavy atom. The van der Waals surface area contributed by atoms with Crippen molar-refractivity contribution in [1.82, 2.24) is 9.80 Å². The first kappa shape index (κ1) is 15.9. The molecule has 1 unspecified atom stereocenters. The van der Waals surface area contributed by atoms with Crippen molar-refractivity contribution in [2.45, 2.75) is 25.9 Å². The van der Waals surface area contributed by atoms with Crippen molar-refractivity contribution in [2.75, 3.05) is 59.1 Å². The predicted molar refractivity (Wildman–Crippen MR) is 71.7 cm³/mol. The average molecular weight is 260 g/mol. The number of rotatable bonds is 10. The lowest BCUT2D eigenvalue weighted by atomic mass is 10.3. The Bertz CT molecular complexity index is 197. The van der Waals surface area contributed by atoms with Gasteiger partial charge >= 0.3 is 0 Å². The van der Waals surface area contributed by atoms with Crippen molar-refractivity contribution in [3.8, 4) is 0 Å². The van der Waals surface area contributed by atoms with Crippen LogP contribution in [0.1, 0.15) is 19.8 Å². The minimum absolute atomic E-state index is 0.0736. The fraction of sp³-hybridized carbons (Fsp3) is 1.00. The SMILES string of the molecule is CC(O)CN(CCOCCO)CCN1CCCC1. The van der Waals surface area contributed by atoms with Crippen LogP contribution in [0.4, 0.5) is 0 Å². The second-order valence-electron chi connectivity index (χ2n) is 5.03. The van der Waals surface area contributed by atoms with E-state index in [1.54, 1.807) is 0 Å². The highest BCUT2D eigenvalue weighted by molar-refractivity contribution is 4.69. The summed E-state index contributed by atoms with van der Waals surface area (Å²) in [5.41, 5.74) is 0. The van der Waals surface area contributed by atoms with Gasteiger partial charge in [-0.3, -0.25) is 4.90 Å². The van der Waals surface area contributed by atoms with Gasteiger partial charge in [-0.05, 0) is 32.9 Å². The lowest BCUT2D eigenvalue weighted by Gasteiger charge is -2.26. The monoisotopic (exact) mass is 260 g/mol. The molecule has 0 aromatic heterocycles. The molecule has 1 fully saturated rings. The Hall–Kier alpha value is -0.200. The van der Waals surface area contributed by atoms with Crippen molar-refractivity contribution < 1.29 is 14.9 Å². The summed E-state index contributed by atoms with van der Waals surface area (Å²) in [6.45, 7) is 8.89. The number of likely N-dealkylation sites (tertiary alicyclic amines) is 1. The van der Waals surface area contributed by atoms with Crippen LogP contribution in [0.25, 0.3) is 0 Å². The molecule has 108 valence electrons. The van der Waals surface area contributed by atoms with Gasteiger partial charge in [0, 0.05) is 26.2 Å². The maximum Gasteiger partial charge on any atom is 0.0698 e. The predicted octanol–water partition coefficient (Wildman–Crippen LogP) is -0.226. The first-order valence-corrected chi connectivity index (χ1v) is 7.03. The van der Waals surface area contributed by atoms with Gasteiger partial charge < -0.3 is 19.8 Å². The van der Waals surface area contributed by atoms with Gasteiger partial charge in [-0.2, -0.15) is 0 Å². The topological polar surface area (TPSA) is 56.2 Å². The summed E-state index contributed by atoms with van der Waals surface area (Å²) in [4.78, 5) is 4.71. The van der Waals surface area contributed by atoms with Crippen LogP contribution in [-0.4, -0.2) is 85.2 Å². The van der Waals surface area contributed by atoms with E-state index in [9.17, 15) is 5.11 Å². The Balaban J connectivity index is 2.16. The Kier molecular flexibility index (Phi) is 8.54. The molecule has 1 heterocycles. The molecule has 0 aliphatic carbocycles. The Morgan fingerprint density at radius 2 is 1.94 bits per heavy atom. The standard InChI is InChI=1S/C13H28N2O3/c1-13(17)12-15(8-10-18-11-9-16)7-6-14-4-2-3-5-14/h13,16-17H,2-12H2,1H3. The third-order valence-corrected chi connectivity index (χ3v) is 3.24. The minimum atomic E-state index is -0.304. The van der Waals surface area contributed by atoms with E-state index >= 15 is 0 Å². The molecule has 0 aromatic rings. The minimum Gasteiger partial charge on any atom is -0.394 e. The van der Waals surface area contributed by atoms with E-state index in [4.69, 9.17) is 9.84 Å². The van der Waals surface area contributed by atoms with Gasteiger partial charge in [0.1, 0.15) is 0 Å². The Labute approximate surface area is 110 Å². The first-order valence-electron chi connectivity index (χ1n) is 7.03. The maximum atomic E-state index is 9.48.